The zero-order chi connectivity index (χ0) is 11.3. The zero-order valence-corrected chi connectivity index (χ0v) is 9.17. The summed E-state index contributed by atoms with van der Waals surface area (Å²) >= 11 is 5.71. The molecular weight excluding hydrogens is 222 g/mol. The molecule has 84 valence electrons. The highest BCUT2D eigenvalue weighted by molar-refractivity contribution is 6.32. The van der Waals surface area contributed by atoms with E-state index in [-0.39, 0.29) is 10.6 Å². The van der Waals surface area contributed by atoms with Crippen molar-refractivity contribution in [3.63, 3.8) is 0 Å². The predicted octanol–water partition coefficient (Wildman–Crippen LogP) is 0.454. The summed E-state index contributed by atoms with van der Waals surface area (Å²) in [5.74, 6) is 0.305. The van der Waals surface area contributed by atoms with Crippen LogP contribution in [0.25, 0.3) is 0 Å². The molecule has 0 saturated carbocycles. The third kappa shape index (κ3) is 3.19. The molecule has 7 heteroatoms. The van der Waals surface area contributed by atoms with Gasteiger partial charge in [0.05, 0.1) is 12.9 Å². The monoisotopic (exact) mass is 233 g/mol. The van der Waals surface area contributed by atoms with Crippen molar-refractivity contribution in [2.75, 3.05) is 26.1 Å². The number of halogens is 1. The van der Waals surface area contributed by atoms with Crippen molar-refractivity contribution in [3.8, 4) is 0 Å². The molecule has 0 aliphatic heterocycles. The van der Waals surface area contributed by atoms with Crippen LogP contribution in [0.4, 0.5) is 5.82 Å². The maximum Gasteiger partial charge on any atom is 0.271 e. The number of aromatic nitrogens is 2. The highest BCUT2D eigenvalue weighted by Gasteiger charge is 2.08. The normalized spacial score (nSPS) is 10.7. The van der Waals surface area contributed by atoms with Crippen LogP contribution in [0.2, 0.25) is 5.02 Å². The van der Waals surface area contributed by atoms with Crippen LogP contribution in [-0.2, 0) is 9.47 Å². The molecule has 1 aromatic rings. The molecular formula is C8H12ClN3O3. The van der Waals surface area contributed by atoms with Crippen molar-refractivity contribution in [1.29, 1.82) is 0 Å². The minimum Gasteiger partial charge on any atom is -0.364 e. The van der Waals surface area contributed by atoms with Crippen molar-refractivity contribution in [2.24, 2.45) is 0 Å². The topological polar surface area (TPSA) is 76.2 Å². The van der Waals surface area contributed by atoms with E-state index in [4.69, 9.17) is 21.1 Å². The Bertz CT molecular complexity index is 364. The van der Waals surface area contributed by atoms with Crippen LogP contribution in [-0.4, -0.2) is 37.0 Å². The number of aromatic amines is 1. The van der Waals surface area contributed by atoms with Crippen LogP contribution in [0.15, 0.2) is 11.1 Å². The molecule has 0 aromatic carbocycles. The average Bonchev–Trinajstić information content (AvgIpc) is 2.25. The highest BCUT2D eigenvalue weighted by Crippen LogP contribution is 2.11. The van der Waals surface area contributed by atoms with Gasteiger partial charge in [-0.25, -0.2) is 4.98 Å². The molecule has 0 aliphatic carbocycles. The van der Waals surface area contributed by atoms with Crippen molar-refractivity contribution in [1.82, 2.24) is 9.97 Å². The number of methoxy groups -OCH3 is 2. The first-order valence-electron chi connectivity index (χ1n) is 4.21. The van der Waals surface area contributed by atoms with Gasteiger partial charge in [0.25, 0.3) is 5.56 Å². The molecule has 1 heterocycles. The number of H-pyrrole nitrogens is 1. The van der Waals surface area contributed by atoms with Gasteiger partial charge in [-0.3, -0.25) is 4.79 Å². The summed E-state index contributed by atoms with van der Waals surface area (Å²) in [5, 5.41) is 2.86. The Morgan fingerprint density at radius 2 is 2.27 bits per heavy atom. The Hall–Kier alpha value is -1.11. The van der Waals surface area contributed by atoms with E-state index in [2.05, 4.69) is 15.3 Å². The molecule has 0 aliphatic rings. The Morgan fingerprint density at radius 3 is 2.87 bits per heavy atom. The Kier molecular flexibility index (Phi) is 4.54. The molecule has 0 amide bonds. The number of hydrogen-bond acceptors (Lipinski definition) is 5. The van der Waals surface area contributed by atoms with Crippen LogP contribution in [0, 0.1) is 0 Å². The summed E-state index contributed by atoms with van der Waals surface area (Å²) in [6.07, 6.45) is 0.854. The first kappa shape index (κ1) is 12.0. The van der Waals surface area contributed by atoms with Crippen LogP contribution < -0.4 is 10.9 Å². The molecule has 0 saturated heterocycles. The maximum absolute atomic E-state index is 11.1. The fraction of sp³-hybridized carbons (Fsp3) is 0.500. The van der Waals surface area contributed by atoms with E-state index in [0.29, 0.717) is 12.4 Å². The van der Waals surface area contributed by atoms with E-state index < -0.39 is 6.29 Å². The standard InChI is InChI=1S/C8H12ClN3O3/c1-14-5(15-2)3-10-7-6(9)8(13)12-4-11-7/h4-5H,3H2,1-2H3,(H2,10,11,12,13). The molecule has 0 atom stereocenters. The Morgan fingerprint density at radius 1 is 1.60 bits per heavy atom. The van der Waals surface area contributed by atoms with Crippen LogP contribution in [0.1, 0.15) is 0 Å². The van der Waals surface area contributed by atoms with Crippen molar-refractivity contribution >= 4 is 17.4 Å². The van der Waals surface area contributed by atoms with Gasteiger partial charge in [0.15, 0.2) is 12.1 Å². The molecule has 1 rings (SSSR count). The summed E-state index contributed by atoms with van der Waals surface area (Å²) in [5.41, 5.74) is -0.388. The number of rotatable bonds is 5. The molecule has 0 fully saturated rings. The lowest BCUT2D eigenvalue weighted by molar-refractivity contribution is -0.0914. The number of nitrogens with one attached hydrogen (secondary N) is 2. The SMILES string of the molecule is COC(CNc1nc[nH]c(=O)c1Cl)OC. The second kappa shape index (κ2) is 5.69. The lowest BCUT2D eigenvalue weighted by Crippen LogP contribution is -2.25. The second-order valence-electron chi connectivity index (χ2n) is 2.68. The van der Waals surface area contributed by atoms with E-state index in [0.717, 1.165) is 0 Å². The number of anilines is 1. The first-order chi connectivity index (χ1) is 7.19. The van der Waals surface area contributed by atoms with Crippen molar-refractivity contribution in [3.05, 3.63) is 21.7 Å². The van der Waals surface area contributed by atoms with Crippen LogP contribution in [0.3, 0.4) is 0 Å². The van der Waals surface area contributed by atoms with Gasteiger partial charge in [-0.1, -0.05) is 11.6 Å². The van der Waals surface area contributed by atoms with Gasteiger partial charge < -0.3 is 19.8 Å². The number of nitrogens with zero attached hydrogens (tertiary/aromatic N) is 1. The second-order valence-corrected chi connectivity index (χ2v) is 3.05. The summed E-state index contributed by atoms with van der Waals surface area (Å²) in [6, 6.07) is 0. The Labute approximate surface area is 91.6 Å². The van der Waals surface area contributed by atoms with Gasteiger partial charge in [0.2, 0.25) is 0 Å². The number of ether oxygens (including phenoxy) is 2. The molecule has 0 spiro atoms. The summed E-state index contributed by atoms with van der Waals surface area (Å²) < 4.78 is 9.90. The third-order valence-electron chi connectivity index (χ3n) is 1.76. The van der Waals surface area contributed by atoms with Gasteiger partial charge in [-0.05, 0) is 0 Å². The summed E-state index contributed by atoms with van der Waals surface area (Å²) in [4.78, 5) is 17.3. The molecule has 6 nitrogen and oxygen atoms in total. The van der Waals surface area contributed by atoms with Crippen molar-refractivity contribution < 1.29 is 9.47 Å². The number of hydrogen-bond donors (Lipinski definition) is 2. The van der Waals surface area contributed by atoms with E-state index in [1.54, 1.807) is 0 Å². The molecule has 1 aromatic heterocycles. The lowest BCUT2D eigenvalue weighted by Gasteiger charge is -2.14. The van der Waals surface area contributed by atoms with E-state index >= 15 is 0 Å². The summed E-state index contributed by atoms with van der Waals surface area (Å²) in [6.45, 7) is 0.350. The van der Waals surface area contributed by atoms with E-state index in [9.17, 15) is 4.79 Å². The van der Waals surface area contributed by atoms with Gasteiger partial charge >= 0.3 is 0 Å². The van der Waals surface area contributed by atoms with Gasteiger partial charge in [0.1, 0.15) is 5.02 Å². The lowest BCUT2D eigenvalue weighted by atomic mass is 10.5. The smallest absolute Gasteiger partial charge is 0.271 e. The molecule has 0 radical (unpaired) electrons. The fourth-order valence-electron chi connectivity index (χ4n) is 0.949. The zero-order valence-electron chi connectivity index (χ0n) is 8.41. The largest absolute Gasteiger partial charge is 0.364 e. The average molecular weight is 234 g/mol. The summed E-state index contributed by atoms with van der Waals surface area (Å²) in [7, 11) is 3.03. The third-order valence-corrected chi connectivity index (χ3v) is 2.11. The molecule has 0 bridgehead atoms. The van der Waals surface area contributed by atoms with Gasteiger partial charge in [-0.2, -0.15) is 0 Å². The molecule has 0 unspecified atom stereocenters. The van der Waals surface area contributed by atoms with Crippen LogP contribution >= 0.6 is 11.6 Å². The fourth-order valence-corrected chi connectivity index (χ4v) is 1.12. The van der Waals surface area contributed by atoms with Gasteiger partial charge in [0, 0.05) is 14.2 Å². The minimum absolute atomic E-state index is 0.0171. The highest BCUT2D eigenvalue weighted by atomic mass is 35.5. The van der Waals surface area contributed by atoms with Gasteiger partial charge in [-0.15, -0.1) is 0 Å². The van der Waals surface area contributed by atoms with Crippen LogP contribution in [0.5, 0.6) is 0 Å². The Balaban J connectivity index is 2.65. The quantitative estimate of drug-likeness (QED) is 0.723. The predicted molar refractivity (Wildman–Crippen MR) is 56.2 cm³/mol. The first-order valence-corrected chi connectivity index (χ1v) is 4.59. The maximum atomic E-state index is 11.1. The minimum atomic E-state index is -0.415. The molecule has 15 heavy (non-hydrogen) atoms. The molecule has 2 N–H and O–H groups in total. The van der Waals surface area contributed by atoms with E-state index in [1.165, 1.54) is 20.5 Å². The van der Waals surface area contributed by atoms with Crippen molar-refractivity contribution in [2.45, 2.75) is 6.29 Å². The van der Waals surface area contributed by atoms with E-state index in [1.807, 2.05) is 0 Å².